The maximum Gasteiger partial charge on any atom is 0.255 e. The number of amides is 1. The van der Waals surface area contributed by atoms with Crippen molar-refractivity contribution in [1.82, 2.24) is 0 Å². The minimum Gasteiger partial charge on any atom is -0.322 e. The molecule has 1 aliphatic carbocycles. The lowest BCUT2D eigenvalue weighted by atomic mass is 9.83. The Labute approximate surface area is 155 Å². The molecule has 2 aromatic carbocycles. The second kappa shape index (κ2) is 7.75. The monoisotopic (exact) mass is 381 g/mol. The topological polar surface area (TPSA) is 29.1 Å². The Morgan fingerprint density at radius 2 is 1.92 bits per heavy atom. The van der Waals surface area contributed by atoms with Crippen LogP contribution in [0.3, 0.4) is 0 Å². The molecule has 0 atom stereocenters. The van der Waals surface area contributed by atoms with Crippen molar-refractivity contribution in [3.8, 4) is 0 Å². The summed E-state index contributed by atoms with van der Waals surface area (Å²) in [6.07, 6.45) is 3.33. The van der Waals surface area contributed by atoms with Crippen molar-refractivity contribution in [1.29, 1.82) is 0 Å². The summed E-state index contributed by atoms with van der Waals surface area (Å²) in [6.45, 7) is 2.17. The van der Waals surface area contributed by atoms with Crippen molar-refractivity contribution in [2.24, 2.45) is 5.92 Å². The number of rotatable bonds is 5. The molecule has 0 bridgehead atoms. The van der Waals surface area contributed by atoms with Gasteiger partial charge in [-0.25, -0.2) is 8.78 Å². The molecule has 0 radical (unpaired) electrons. The zero-order valence-electron chi connectivity index (χ0n) is 13.7. The molecule has 0 unspecified atom stereocenters. The summed E-state index contributed by atoms with van der Waals surface area (Å²) in [4.78, 5) is 12.9. The molecule has 132 valence electrons. The molecule has 1 N–H and O–H groups in total. The van der Waals surface area contributed by atoms with E-state index in [1.165, 1.54) is 42.1 Å². The molecule has 1 aliphatic rings. The normalized spacial score (nSPS) is 19.4. The lowest BCUT2D eigenvalue weighted by molar-refractivity contribution is 0.102. The summed E-state index contributed by atoms with van der Waals surface area (Å²) in [5, 5.41) is 2.99. The van der Waals surface area contributed by atoms with E-state index in [1.54, 1.807) is 6.07 Å². The van der Waals surface area contributed by atoms with Crippen molar-refractivity contribution >= 4 is 35.0 Å². The molecular weight excluding hydrogens is 364 g/mol. The standard InChI is InChI=1S/C19H18ClF2NOS/c1-2-11-7-14(8-11)25-18-9-12(3-5-17(18)22)19(24)23-13-4-6-16(21)15(20)10-13/h3-6,9-11,14H,2,7-8H2,1H3,(H,23,24)/t11-,14+. The fourth-order valence-corrected chi connectivity index (χ4v) is 4.45. The molecule has 3 rings (SSSR count). The summed E-state index contributed by atoms with van der Waals surface area (Å²) in [6, 6.07) is 8.27. The van der Waals surface area contributed by atoms with Crippen LogP contribution in [-0.4, -0.2) is 11.2 Å². The van der Waals surface area contributed by atoms with Gasteiger partial charge in [-0.2, -0.15) is 0 Å². The summed E-state index contributed by atoms with van der Waals surface area (Å²) in [7, 11) is 0. The minimum absolute atomic E-state index is 0.0661. The lowest BCUT2D eigenvalue weighted by Crippen LogP contribution is -2.25. The van der Waals surface area contributed by atoms with E-state index in [4.69, 9.17) is 11.6 Å². The fourth-order valence-electron chi connectivity index (χ4n) is 2.80. The number of carbonyl (C=O) groups is 1. The molecule has 0 aromatic heterocycles. The highest BCUT2D eigenvalue weighted by atomic mass is 35.5. The van der Waals surface area contributed by atoms with Crippen LogP contribution in [0.25, 0.3) is 0 Å². The van der Waals surface area contributed by atoms with E-state index in [9.17, 15) is 13.6 Å². The van der Waals surface area contributed by atoms with Crippen LogP contribution in [0, 0.1) is 17.6 Å². The predicted molar refractivity (Wildman–Crippen MR) is 98.4 cm³/mol. The molecule has 0 aliphatic heterocycles. The quantitative estimate of drug-likeness (QED) is 0.672. The maximum absolute atomic E-state index is 14.0. The van der Waals surface area contributed by atoms with Gasteiger partial charge < -0.3 is 5.32 Å². The van der Waals surface area contributed by atoms with Gasteiger partial charge in [-0.15, -0.1) is 11.8 Å². The first-order valence-electron chi connectivity index (χ1n) is 8.19. The van der Waals surface area contributed by atoms with Gasteiger partial charge in [-0.05, 0) is 55.2 Å². The van der Waals surface area contributed by atoms with Gasteiger partial charge in [0.05, 0.1) is 5.02 Å². The van der Waals surface area contributed by atoms with Crippen molar-refractivity contribution in [2.45, 2.75) is 36.3 Å². The summed E-state index contributed by atoms with van der Waals surface area (Å²) in [5.74, 6) is -0.517. The van der Waals surface area contributed by atoms with Crippen LogP contribution in [0.2, 0.25) is 5.02 Å². The predicted octanol–water partition coefficient (Wildman–Crippen LogP) is 6.15. The fraction of sp³-hybridized carbons (Fsp3) is 0.316. The molecule has 6 heteroatoms. The van der Waals surface area contributed by atoms with Gasteiger partial charge >= 0.3 is 0 Å². The molecule has 2 nitrogen and oxygen atoms in total. The highest BCUT2D eigenvalue weighted by molar-refractivity contribution is 8.00. The Morgan fingerprint density at radius 3 is 2.60 bits per heavy atom. The van der Waals surface area contributed by atoms with E-state index < -0.39 is 5.82 Å². The van der Waals surface area contributed by atoms with Gasteiger partial charge in [0, 0.05) is 21.4 Å². The largest absolute Gasteiger partial charge is 0.322 e. The van der Waals surface area contributed by atoms with E-state index in [1.807, 2.05) is 0 Å². The number of nitrogens with one attached hydrogen (secondary N) is 1. The van der Waals surface area contributed by atoms with Crippen LogP contribution in [0.15, 0.2) is 41.3 Å². The average molecular weight is 382 g/mol. The Bertz CT molecular complexity index is 793. The number of halogens is 3. The Hall–Kier alpha value is -1.59. The molecule has 0 saturated heterocycles. The third-order valence-corrected chi connectivity index (χ3v) is 6.01. The number of hydrogen-bond acceptors (Lipinski definition) is 2. The first kappa shape index (κ1) is 18.2. The third kappa shape index (κ3) is 4.33. The van der Waals surface area contributed by atoms with Crippen LogP contribution in [0.4, 0.5) is 14.5 Å². The summed E-state index contributed by atoms with van der Waals surface area (Å²) >= 11 is 7.21. The zero-order chi connectivity index (χ0) is 18.0. The molecule has 1 amide bonds. The lowest BCUT2D eigenvalue weighted by Gasteiger charge is -2.34. The average Bonchev–Trinajstić information content (AvgIpc) is 2.55. The molecule has 0 heterocycles. The Morgan fingerprint density at radius 1 is 1.20 bits per heavy atom. The molecule has 1 fully saturated rings. The minimum atomic E-state index is -0.550. The Kier molecular flexibility index (Phi) is 5.64. The van der Waals surface area contributed by atoms with E-state index in [2.05, 4.69) is 12.2 Å². The van der Waals surface area contributed by atoms with Crippen LogP contribution < -0.4 is 5.32 Å². The second-order valence-corrected chi connectivity index (χ2v) is 7.96. The van der Waals surface area contributed by atoms with Crippen molar-refractivity contribution in [3.05, 3.63) is 58.6 Å². The number of benzene rings is 2. The molecule has 2 aromatic rings. The van der Waals surface area contributed by atoms with Crippen LogP contribution in [0.1, 0.15) is 36.5 Å². The van der Waals surface area contributed by atoms with E-state index in [0.717, 1.165) is 25.2 Å². The first-order valence-corrected chi connectivity index (χ1v) is 9.44. The van der Waals surface area contributed by atoms with E-state index >= 15 is 0 Å². The molecule has 0 spiro atoms. The first-order chi connectivity index (χ1) is 12.0. The summed E-state index contributed by atoms with van der Waals surface area (Å²) in [5.41, 5.74) is 0.746. The van der Waals surface area contributed by atoms with Gasteiger partial charge in [0.2, 0.25) is 0 Å². The number of thioether (sulfide) groups is 1. The van der Waals surface area contributed by atoms with Crippen LogP contribution in [-0.2, 0) is 0 Å². The highest BCUT2D eigenvalue weighted by Crippen LogP contribution is 2.42. The molecule has 1 saturated carbocycles. The number of hydrogen-bond donors (Lipinski definition) is 1. The summed E-state index contributed by atoms with van der Waals surface area (Å²) < 4.78 is 27.2. The molecular formula is C19H18ClF2NOS. The van der Waals surface area contributed by atoms with Crippen molar-refractivity contribution in [2.75, 3.05) is 5.32 Å². The number of anilines is 1. The van der Waals surface area contributed by atoms with E-state index in [-0.39, 0.29) is 16.7 Å². The van der Waals surface area contributed by atoms with Crippen LogP contribution >= 0.6 is 23.4 Å². The SMILES string of the molecule is CC[C@H]1C[C@@H](Sc2cc(C(=O)Nc3ccc(F)c(Cl)c3)ccc2F)C1. The van der Waals surface area contributed by atoms with Gasteiger partial charge in [-0.1, -0.05) is 24.9 Å². The van der Waals surface area contributed by atoms with Crippen LogP contribution in [0.5, 0.6) is 0 Å². The van der Waals surface area contributed by atoms with Gasteiger partial charge in [0.15, 0.2) is 0 Å². The van der Waals surface area contributed by atoms with Gasteiger partial charge in [-0.3, -0.25) is 4.79 Å². The van der Waals surface area contributed by atoms with Gasteiger partial charge in [0.1, 0.15) is 11.6 Å². The zero-order valence-corrected chi connectivity index (χ0v) is 15.3. The maximum atomic E-state index is 14.0. The number of carbonyl (C=O) groups excluding carboxylic acids is 1. The van der Waals surface area contributed by atoms with Gasteiger partial charge in [0.25, 0.3) is 5.91 Å². The highest BCUT2D eigenvalue weighted by Gasteiger charge is 2.29. The smallest absolute Gasteiger partial charge is 0.255 e. The van der Waals surface area contributed by atoms with E-state index in [0.29, 0.717) is 21.4 Å². The van der Waals surface area contributed by atoms with Crippen molar-refractivity contribution < 1.29 is 13.6 Å². The van der Waals surface area contributed by atoms with Crippen molar-refractivity contribution in [3.63, 3.8) is 0 Å². The third-order valence-electron chi connectivity index (χ3n) is 4.43. The molecule has 25 heavy (non-hydrogen) atoms. The Balaban J connectivity index is 1.70. The second-order valence-electron chi connectivity index (χ2n) is 6.21.